The summed E-state index contributed by atoms with van der Waals surface area (Å²) in [6, 6.07) is 7.25. The standard InChI is InChI=1S/C14H22N4O2/c1-14(2,3)18-12(19)9-16-13(15)17-10-5-7-11(20-4)8-6-10/h5-8H,9H2,1-4H3,(H,18,19)(H3,15,16,17). The van der Waals surface area contributed by atoms with E-state index in [1.165, 1.54) is 0 Å². The Kier molecular flexibility index (Phi) is 5.37. The van der Waals surface area contributed by atoms with Crippen LogP contribution in [0.1, 0.15) is 20.8 Å². The molecule has 0 saturated carbocycles. The highest BCUT2D eigenvalue weighted by atomic mass is 16.5. The molecule has 0 unspecified atom stereocenters. The van der Waals surface area contributed by atoms with E-state index in [1.54, 1.807) is 7.11 Å². The largest absolute Gasteiger partial charge is 0.497 e. The number of ether oxygens (including phenoxy) is 1. The van der Waals surface area contributed by atoms with Crippen molar-refractivity contribution in [2.45, 2.75) is 26.3 Å². The second-order valence-corrected chi connectivity index (χ2v) is 5.35. The Balaban J connectivity index is 2.50. The Hall–Kier alpha value is -2.24. The van der Waals surface area contributed by atoms with Gasteiger partial charge in [0.15, 0.2) is 5.96 Å². The average molecular weight is 278 g/mol. The molecule has 0 aromatic heterocycles. The van der Waals surface area contributed by atoms with Crippen molar-refractivity contribution in [1.82, 2.24) is 5.32 Å². The number of carbonyl (C=O) groups excluding carboxylic acids is 1. The first-order valence-electron chi connectivity index (χ1n) is 6.32. The molecule has 1 rings (SSSR count). The molecule has 1 aromatic carbocycles. The summed E-state index contributed by atoms with van der Waals surface area (Å²) in [5.74, 6) is 0.784. The van der Waals surface area contributed by atoms with Crippen molar-refractivity contribution in [3.05, 3.63) is 24.3 Å². The lowest BCUT2D eigenvalue weighted by molar-refractivity contribution is -0.121. The number of aliphatic imine (C=N–C) groups is 1. The van der Waals surface area contributed by atoms with E-state index in [4.69, 9.17) is 10.5 Å². The van der Waals surface area contributed by atoms with E-state index in [0.717, 1.165) is 11.4 Å². The van der Waals surface area contributed by atoms with Gasteiger partial charge in [-0.15, -0.1) is 0 Å². The Morgan fingerprint density at radius 2 is 1.90 bits per heavy atom. The van der Waals surface area contributed by atoms with Crippen LogP contribution in [0, 0.1) is 0 Å². The minimum absolute atomic E-state index is 0.00768. The van der Waals surface area contributed by atoms with E-state index >= 15 is 0 Å². The summed E-state index contributed by atoms with van der Waals surface area (Å²) in [6.45, 7) is 5.72. The zero-order chi connectivity index (χ0) is 15.2. The topological polar surface area (TPSA) is 88.7 Å². The van der Waals surface area contributed by atoms with Gasteiger partial charge in [-0.05, 0) is 45.0 Å². The van der Waals surface area contributed by atoms with Gasteiger partial charge in [-0.2, -0.15) is 0 Å². The lowest BCUT2D eigenvalue weighted by Gasteiger charge is -2.19. The first kappa shape index (κ1) is 15.8. The number of benzene rings is 1. The van der Waals surface area contributed by atoms with E-state index in [1.807, 2.05) is 45.0 Å². The van der Waals surface area contributed by atoms with Gasteiger partial charge in [0.25, 0.3) is 0 Å². The minimum Gasteiger partial charge on any atom is -0.497 e. The van der Waals surface area contributed by atoms with Crippen LogP contribution in [0.3, 0.4) is 0 Å². The number of carbonyl (C=O) groups is 1. The van der Waals surface area contributed by atoms with Gasteiger partial charge in [-0.1, -0.05) is 0 Å². The van der Waals surface area contributed by atoms with E-state index < -0.39 is 0 Å². The minimum atomic E-state index is -0.273. The van der Waals surface area contributed by atoms with E-state index in [2.05, 4.69) is 15.6 Å². The molecule has 1 amide bonds. The quantitative estimate of drug-likeness (QED) is 0.573. The maximum atomic E-state index is 11.6. The van der Waals surface area contributed by atoms with Gasteiger partial charge in [0.1, 0.15) is 12.3 Å². The SMILES string of the molecule is COc1ccc(NC(N)=NCC(=O)NC(C)(C)C)cc1. The molecule has 0 aliphatic heterocycles. The molecular formula is C14H22N4O2. The number of nitrogens with one attached hydrogen (secondary N) is 2. The molecule has 6 heteroatoms. The fraction of sp³-hybridized carbons (Fsp3) is 0.429. The number of rotatable bonds is 4. The molecule has 1 aromatic rings. The predicted octanol–water partition coefficient (Wildman–Crippen LogP) is 1.34. The molecule has 0 spiro atoms. The molecule has 0 fully saturated rings. The molecular weight excluding hydrogens is 256 g/mol. The van der Waals surface area contributed by atoms with Crippen LogP contribution < -0.4 is 21.1 Å². The molecule has 0 atom stereocenters. The van der Waals surface area contributed by atoms with Crippen molar-refractivity contribution in [3.8, 4) is 5.75 Å². The molecule has 110 valence electrons. The lowest BCUT2D eigenvalue weighted by Crippen LogP contribution is -2.42. The maximum absolute atomic E-state index is 11.6. The van der Waals surface area contributed by atoms with Crippen LogP contribution in [-0.2, 0) is 4.79 Å². The van der Waals surface area contributed by atoms with Crippen LogP contribution in [0.25, 0.3) is 0 Å². The predicted molar refractivity (Wildman–Crippen MR) is 81.0 cm³/mol. The smallest absolute Gasteiger partial charge is 0.242 e. The van der Waals surface area contributed by atoms with Crippen LogP contribution in [-0.4, -0.2) is 31.1 Å². The van der Waals surface area contributed by atoms with Crippen LogP contribution in [0.5, 0.6) is 5.75 Å². The van der Waals surface area contributed by atoms with Gasteiger partial charge in [0.2, 0.25) is 5.91 Å². The highest BCUT2D eigenvalue weighted by Crippen LogP contribution is 2.14. The Labute approximate surface area is 119 Å². The zero-order valence-electron chi connectivity index (χ0n) is 12.4. The summed E-state index contributed by atoms with van der Waals surface area (Å²) in [5, 5.41) is 5.71. The molecule has 20 heavy (non-hydrogen) atoms. The van der Waals surface area contributed by atoms with Crippen molar-refractivity contribution in [2.75, 3.05) is 19.0 Å². The molecule has 0 radical (unpaired) electrons. The fourth-order valence-corrected chi connectivity index (χ4v) is 1.48. The summed E-state index contributed by atoms with van der Waals surface area (Å²) in [6.07, 6.45) is 0. The average Bonchev–Trinajstić information content (AvgIpc) is 2.35. The van der Waals surface area contributed by atoms with Crippen molar-refractivity contribution < 1.29 is 9.53 Å². The summed E-state index contributed by atoms with van der Waals surface area (Å²) >= 11 is 0. The van der Waals surface area contributed by atoms with Gasteiger partial charge in [-0.3, -0.25) is 4.79 Å². The van der Waals surface area contributed by atoms with Gasteiger partial charge in [0, 0.05) is 11.2 Å². The Morgan fingerprint density at radius 1 is 1.30 bits per heavy atom. The van der Waals surface area contributed by atoms with Gasteiger partial charge >= 0.3 is 0 Å². The number of nitrogens with two attached hydrogens (primary N) is 1. The zero-order valence-corrected chi connectivity index (χ0v) is 12.4. The lowest BCUT2D eigenvalue weighted by atomic mass is 10.1. The number of amides is 1. The number of guanidine groups is 1. The van der Waals surface area contributed by atoms with E-state index in [9.17, 15) is 4.79 Å². The number of hydrogen-bond donors (Lipinski definition) is 3. The molecule has 0 heterocycles. The van der Waals surface area contributed by atoms with Crippen LogP contribution in [0.4, 0.5) is 5.69 Å². The Bertz CT molecular complexity index is 475. The second kappa shape index (κ2) is 6.79. The summed E-state index contributed by atoms with van der Waals surface area (Å²) < 4.78 is 5.06. The summed E-state index contributed by atoms with van der Waals surface area (Å²) in [5.41, 5.74) is 6.22. The number of anilines is 1. The molecule has 0 saturated heterocycles. The summed E-state index contributed by atoms with van der Waals surface area (Å²) in [7, 11) is 1.60. The van der Waals surface area contributed by atoms with Crippen molar-refractivity contribution in [3.63, 3.8) is 0 Å². The number of methoxy groups -OCH3 is 1. The fourth-order valence-electron chi connectivity index (χ4n) is 1.48. The molecule has 0 aliphatic rings. The van der Waals surface area contributed by atoms with Crippen LogP contribution in [0.2, 0.25) is 0 Å². The highest BCUT2D eigenvalue weighted by Gasteiger charge is 2.12. The number of nitrogens with zero attached hydrogens (tertiary/aromatic N) is 1. The van der Waals surface area contributed by atoms with E-state index in [-0.39, 0.29) is 24.0 Å². The first-order valence-corrected chi connectivity index (χ1v) is 6.32. The Morgan fingerprint density at radius 3 is 2.40 bits per heavy atom. The third-order valence-corrected chi connectivity index (χ3v) is 2.27. The number of hydrogen-bond acceptors (Lipinski definition) is 3. The first-order chi connectivity index (χ1) is 9.30. The molecule has 0 bridgehead atoms. The van der Waals surface area contributed by atoms with Gasteiger partial charge in [-0.25, -0.2) is 4.99 Å². The second-order valence-electron chi connectivity index (χ2n) is 5.35. The third-order valence-electron chi connectivity index (χ3n) is 2.27. The maximum Gasteiger partial charge on any atom is 0.242 e. The summed E-state index contributed by atoms with van der Waals surface area (Å²) in [4.78, 5) is 15.6. The monoisotopic (exact) mass is 278 g/mol. The third kappa shape index (κ3) is 6.08. The van der Waals surface area contributed by atoms with Crippen molar-refractivity contribution >= 4 is 17.6 Å². The van der Waals surface area contributed by atoms with Crippen molar-refractivity contribution in [1.29, 1.82) is 0 Å². The van der Waals surface area contributed by atoms with Crippen LogP contribution >= 0.6 is 0 Å². The van der Waals surface area contributed by atoms with E-state index in [0.29, 0.717) is 0 Å². The van der Waals surface area contributed by atoms with Gasteiger partial charge in [0.05, 0.1) is 7.11 Å². The molecule has 0 aliphatic carbocycles. The van der Waals surface area contributed by atoms with Crippen molar-refractivity contribution in [2.24, 2.45) is 10.7 Å². The highest BCUT2D eigenvalue weighted by molar-refractivity contribution is 5.93. The van der Waals surface area contributed by atoms with Crippen LogP contribution in [0.15, 0.2) is 29.3 Å². The molecule has 4 N–H and O–H groups in total. The van der Waals surface area contributed by atoms with Gasteiger partial charge < -0.3 is 21.1 Å². The molecule has 6 nitrogen and oxygen atoms in total. The normalized spacial score (nSPS) is 11.9.